The summed E-state index contributed by atoms with van der Waals surface area (Å²) in [6, 6.07) is 8.52. The van der Waals surface area contributed by atoms with Crippen LogP contribution in [-0.2, 0) is 16.1 Å². The molecule has 7 heteroatoms. The molecule has 0 unspecified atom stereocenters. The van der Waals surface area contributed by atoms with E-state index < -0.39 is 0 Å². The summed E-state index contributed by atoms with van der Waals surface area (Å²) in [5.41, 5.74) is 1.64. The summed E-state index contributed by atoms with van der Waals surface area (Å²) in [4.78, 5) is 31.7. The number of aromatic nitrogens is 1. The van der Waals surface area contributed by atoms with E-state index in [9.17, 15) is 9.59 Å². The number of pyridine rings is 1. The molecule has 134 valence electrons. The van der Waals surface area contributed by atoms with Crippen LogP contribution in [0.15, 0.2) is 47.6 Å². The first-order chi connectivity index (χ1) is 12.4. The Hall–Kier alpha value is -1.82. The summed E-state index contributed by atoms with van der Waals surface area (Å²) in [6.45, 7) is 4.11. The van der Waals surface area contributed by atoms with Crippen LogP contribution < -0.4 is 0 Å². The third-order valence-electron chi connectivity index (χ3n) is 3.74. The van der Waals surface area contributed by atoms with Gasteiger partial charge in [0.05, 0.1) is 22.0 Å². The quantitative estimate of drug-likeness (QED) is 0.668. The van der Waals surface area contributed by atoms with Crippen LogP contribution in [-0.4, -0.2) is 26.9 Å². The third kappa shape index (κ3) is 3.80. The van der Waals surface area contributed by atoms with Crippen molar-refractivity contribution in [3.63, 3.8) is 0 Å². The van der Waals surface area contributed by atoms with Crippen LogP contribution in [0.3, 0.4) is 0 Å². The van der Waals surface area contributed by atoms with Gasteiger partial charge in [-0.25, -0.2) is 0 Å². The molecule has 0 aliphatic carbocycles. The van der Waals surface area contributed by atoms with Gasteiger partial charge < -0.3 is 0 Å². The lowest BCUT2D eigenvalue weighted by atomic mass is 10.1. The smallest absolute Gasteiger partial charge is 0.268 e. The van der Waals surface area contributed by atoms with E-state index in [1.165, 1.54) is 16.7 Å². The number of hydrogen-bond donors (Lipinski definition) is 0. The van der Waals surface area contributed by atoms with Crippen molar-refractivity contribution < 1.29 is 9.59 Å². The largest absolute Gasteiger partial charge is 0.269 e. The Balaban J connectivity index is 2.04. The predicted octanol–water partition coefficient (Wildman–Crippen LogP) is 4.81. The Kier molecular flexibility index (Phi) is 5.70. The first-order valence-corrected chi connectivity index (χ1v) is 9.63. The Morgan fingerprint density at radius 2 is 1.92 bits per heavy atom. The summed E-state index contributed by atoms with van der Waals surface area (Å²) >= 11 is 13.6. The molecule has 26 heavy (non-hydrogen) atoms. The van der Waals surface area contributed by atoms with Crippen molar-refractivity contribution in [1.82, 2.24) is 9.88 Å². The SMILES string of the molecule is CC(C)SC1=C(c2ccc(Cl)cc2Cl)C(=O)N(Cc2cccnc2)C1=O. The van der Waals surface area contributed by atoms with Gasteiger partial charge in [0.1, 0.15) is 0 Å². The highest BCUT2D eigenvalue weighted by Crippen LogP contribution is 2.41. The van der Waals surface area contributed by atoms with Crippen LogP contribution in [0.4, 0.5) is 0 Å². The minimum atomic E-state index is -0.355. The maximum Gasteiger partial charge on any atom is 0.268 e. The lowest BCUT2D eigenvalue weighted by molar-refractivity contribution is -0.137. The predicted molar refractivity (Wildman–Crippen MR) is 106 cm³/mol. The third-order valence-corrected chi connectivity index (χ3v) is 5.38. The number of carbonyl (C=O) groups excluding carboxylic acids is 2. The topological polar surface area (TPSA) is 50.3 Å². The molecule has 0 atom stereocenters. The Labute approximate surface area is 166 Å². The van der Waals surface area contributed by atoms with Crippen LogP contribution in [0.2, 0.25) is 10.0 Å². The zero-order valence-corrected chi connectivity index (χ0v) is 16.5. The number of hydrogen-bond acceptors (Lipinski definition) is 4. The summed E-state index contributed by atoms with van der Waals surface area (Å²) in [6.07, 6.45) is 3.29. The number of amides is 2. The molecule has 3 rings (SSSR count). The molecule has 0 bridgehead atoms. The Morgan fingerprint density at radius 3 is 2.54 bits per heavy atom. The van der Waals surface area contributed by atoms with Gasteiger partial charge in [-0.2, -0.15) is 0 Å². The summed E-state index contributed by atoms with van der Waals surface area (Å²) in [5.74, 6) is -0.662. The number of thioether (sulfide) groups is 1. The maximum atomic E-state index is 13.1. The molecule has 2 aromatic rings. The fraction of sp³-hybridized carbons (Fsp3) is 0.211. The molecule has 0 saturated heterocycles. The zero-order chi connectivity index (χ0) is 18.8. The Morgan fingerprint density at radius 1 is 1.15 bits per heavy atom. The molecular formula is C19H16Cl2N2O2S. The summed E-state index contributed by atoms with van der Waals surface area (Å²) in [7, 11) is 0. The van der Waals surface area contributed by atoms with Gasteiger partial charge in [0.15, 0.2) is 0 Å². The minimum absolute atomic E-state index is 0.140. The van der Waals surface area contributed by atoms with Crippen LogP contribution in [0.1, 0.15) is 25.0 Å². The van der Waals surface area contributed by atoms with E-state index in [4.69, 9.17) is 23.2 Å². The molecule has 1 aliphatic rings. The standard InChI is InChI=1S/C19H16Cl2N2O2S/c1-11(2)26-17-16(14-6-5-13(20)8-15(14)21)18(24)23(19(17)25)10-12-4-3-7-22-9-12/h3-9,11H,10H2,1-2H3. The van der Waals surface area contributed by atoms with Crippen molar-refractivity contribution >= 4 is 52.4 Å². The van der Waals surface area contributed by atoms with Crippen molar-refractivity contribution in [2.45, 2.75) is 25.6 Å². The highest BCUT2D eigenvalue weighted by atomic mass is 35.5. The molecule has 0 spiro atoms. The van der Waals surface area contributed by atoms with E-state index in [-0.39, 0.29) is 23.6 Å². The number of imide groups is 1. The van der Waals surface area contributed by atoms with Crippen LogP contribution in [0, 0.1) is 0 Å². The molecule has 0 N–H and O–H groups in total. The summed E-state index contributed by atoms with van der Waals surface area (Å²) in [5, 5.41) is 0.960. The molecule has 1 aromatic carbocycles. The highest BCUT2D eigenvalue weighted by molar-refractivity contribution is 8.04. The van der Waals surface area contributed by atoms with Crippen molar-refractivity contribution in [3.05, 3.63) is 68.8 Å². The summed E-state index contributed by atoms with van der Waals surface area (Å²) < 4.78 is 0. The van der Waals surface area contributed by atoms with Gasteiger partial charge in [0.25, 0.3) is 11.8 Å². The number of benzene rings is 1. The highest BCUT2D eigenvalue weighted by Gasteiger charge is 2.40. The molecular weight excluding hydrogens is 391 g/mol. The first kappa shape index (κ1) is 19.0. The van der Waals surface area contributed by atoms with Crippen LogP contribution in [0.5, 0.6) is 0 Å². The Bertz CT molecular complexity index is 898. The van der Waals surface area contributed by atoms with Crippen molar-refractivity contribution in [2.24, 2.45) is 0 Å². The van der Waals surface area contributed by atoms with Gasteiger partial charge in [-0.3, -0.25) is 19.5 Å². The van der Waals surface area contributed by atoms with Gasteiger partial charge in [-0.1, -0.05) is 49.2 Å². The van der Waals surface area contributed by atoms with Crippen molar-refractivity contribution in [1.29, 1.82) is 0 Å². The molecule has 4 nitrogen and oxygen atoms in total. The van der Waals surface area contributed by atoms with E-state index >= 15 is 0 Å². The van der Waals surface area contributed by atoms with E-state index in [2.05, 4.69) is 4.98 Å². The molecule has 1 aliphatic heterocycles. The minimum Gasteiger partial charge on any atom is -0.269 e. The van der Waals surface area contributed by atoms with Crippen LogP contribution >= 0.6 is 35.0 Å². The monoisotopic (exact) mass is 406 g/mol. The molecule has 0 fully saturated rings. The molecule has 1 aromatic heterocycles. The average molecular weight is 407 g/mol. The number of halogens is 2. The van der Waals surface area contributed by atoms with E-state index in [0.29, 0.717) is 26.1 Å². The van der Waals surface area contributed by atoms with E-state index in [1.807, 2.05) is 19.9 Å². The van der Waals surface area contributed by atoms with Gasteiger partial charge in [-0.05, 0) is 23.8 Å². The molecule has 2 heterocycles. The molecule has 0 radical (unpaired) electrons. The van der Waals surface area contributed by atoms with Gasteiger partial charge in [0, 0.05) is 28.2 Å². The average Bonchev–Trinajstić information content (AvgIpc) is 2.80. The normalized spacial score (nSPS) is 14.7. The maximum absolute atomic E-state index is 13.1. The van der Waals surface area contributed by atoms with Gasteiger partial charge in [-0.15, -0.1) is 11.8 Å². The van der Waals surface area contributed by atoms with Crippen molar-refractivity contribution in [2.75, 3.05) is 0 Å². The number of nitrogens with zero attached hydrogens (tertiary/aromatic N) is 2. The lowest BCUT2D eigenvalue weighted by Crippen LogP contribution is -2.31. The lowest BCUT2D eigenvalue weighted by Gasteiger charge is -2.15. The fourth-order valence-corrected chi connectivity index (χ4v) is 4.15. The van der Waals surface area contributed by atoms with Gasteiger partial charge >= 0.3 is 0 Å². The first-order valence-electron chi connectivity index (χ1n) is 8.00. The number of rotatable bonds is 5. The van der Waals surface area contributed by atoms with Gasteiger partial charge in [0.2, 0.25) is 0 Å². The second kappa shape index (κ2) is 7.82. The zero-order valence-electron chi connectivity index (χ0n) is 14.2. The molecule has 2 amide bonds. The second-order valence-electron chi connectivity index (χ2n) is 6.05. The number of carbonyl (C=O) groups is 2. The van der Waals surface area contributed by atoms with E-state index in [0.717, 1.165) is 5.56 Å². The molecule has 0 saturated carbocycles. The van der Waals surface area contributed by atoms with E-state index in [1.54, 1.807) is 36.7 Å². The van der Waals surface area contributed by atoms with Crippen LogP contribution in [0.25, 0.3) is 5.57 Å². The van der Waals surface area contributed by atoms with Crippen molar-refractivity contribution in [3.8, 4) is 0 Å². The fourth-order valence-electron chi connectivity index (χ4n) is 2.65. The second-order valence-corrected chi connectivity index (χ2v) is 8.48.